The van der Waals surface area contributed by atoms with E-state index in [2.05, 4.69) is 6.58 Å². The average molecular weight is 210 g/mol. The van der Waals surface area contributed by atoms with Crippen LogP contribution in [0.15, 0.2) is 37.0 Å². The zero-order valence-corrected chi connectivity index (χ0v) is 8.98. The van der Waals surface area contributed by atoms with E-state index in [1.807, 2.05) is 24.3 Å². The largest absolute Gasteiger partial charge is 0.393 e. The molecule has 1 N–H and O–H groups in total. The van der Waals surface area contributed by atoms with Crippen molar-refractivity contribution < 1.29 is 9.50 Å². The molecule has 0 fully saturated rings. The number of hydrogen-bond donors (Lipinski definition) is 1. The molecule has 2 heteroatoms. The Bertz CT molecular complexity index is 245. The van der Waals surface area contributed by atoms with Crippen molar-refractivity contribution >= 4 is 0 Å². The molecule has 3 unspecified atom stereocenters. The minimum absolute atomic E-state index is 0.0649. The lowest BCUT2D eigenvalue weighted by Gasteiger charge is -2.21. The molecule has 1 rings (SSSR count). The van der Waals surface area contributed by atoms with E-state index in [9.17, 15) is 9.50 Å². The normalized spacial score (nSPS) is 28.1. The number of hydrogen-bond acceptors (Lipinski definition) is 1. The van der Waals surface area contributed by atoms with Gasteiger partial charge < -0.3 is 5.11 Å². The lowest BCUT2D eigenvalue weighted by atomic mass is 9.90. The second kappa shape index (κ2) is 6.57. The predicted octanol–water partition coefficient (Wildman–Crippen LogP) is 3.17. The fraction of sp³-hybridized carbons (Fsp3) is 0.538. The Hall–Kier alpha value is -0.890. The third-order valence-electron chi connectivity index (χ3n) is 2.68. The molecule has 3 atom stereocenters. The quantitative estimate of drug-likeness (QED) is 0.707. The summed E-state index contributed by atoms with van der Waals surface area (Å²) in [6, 6.07) is 0. The first-order valence-corrected chi connectivity index (χ1v) is 5.50. The first-order valence-electron chi connectivity index (χ1n) is 5.50. The molecule has 1 aliphatic rings. The van der Waals surface area contributed by atoms with Gasteiger partial charge in [-0.15, -0.1) is 6.58 Å². The number of alkyl halides is 1. The van der Waals surface area contributed by atoms with Crippen LogP contribution in [0.25, 0.3) is 0 Å². The molecular formula is C13H19FO. The Morgan fingerprint density at radius 1 is 1.53 bits per heavy atom. The van der Waals surface area contributed by atoms with E-state index in [1.165, 1.54) is 0 Å². The van der Waals surface area contributed by atoms with Gasteiger partial charge in [-0.25, -0.2) is 4.39 Å². The van der Waals surface area contributed by atoms with Crippen molar-refractivity contribution in [2.75, 3.05) is 0 Å². The predicted molar refractivity (Wildman–Crippen MR) is 61.3 cm³/mol. The van der Waals surface area contributed by atoms with Crippen molar-refractivity contribution in [3.05, 3.63) is 37.0 Å². The Morgan fingerprint density at radius 3 is 3.07 bits per heavy atom. The van der Waals surface area contributed by atoms with Crippen LogP contribution in [0.2, 0.25) is 0 Å². The van der Waals surface area contributed by atoms with Gasteiger partial charge in [-0.2, -0.15) is 0 Å². The maximum Gasteiger partial charge on any atom is 0.104 e. The van der Waals surface area contributed by atoms with Gasteiger partial charge in [0.15, 0.2) is 0 Å². The van der Waals surface area contributed by atoms with Gasteiger partial charge >= 0.3 is 0 Å². The average Bonchev–Trinajstić information content (AvgIpc) is 2.18. The molecule has 0 aliphatic heterocycles. The summed E-state index contributed by atoms with van der Waals surface area (Å²) in [4.78, 5) is 0. The summed E-state index contributed by atoms with van der Waals surface area (Å²) in [5.41, 5.74) is 0. The minimum Gasteiger partial charge on any atom is -0.393 e. The molecule has 0 heterocycles. The monoisotopic (exact) mass is 210 g/mol. The summed E-state index contributed by atoms with van der Waals surface area (Å²) in [5, 5.41) is 9.81. The van der Waals surface area contributed by atoms with E-state index in [1.54, 1.807) is 6.08 Å². The van der Waals surface area contributed by atoms with Crippen molar-refractivity contribution in [2.24, 2.45) is 5.92 Å². The minimum atomic E-state index is -0.893. The maximum atomic E-state index is 13.4. The van der Waals surface area contributed by atoms with Gasteiger partial charge in [-0.05, 0) is 25.7 Å². The highest BCUT2D eigenvalue weighted by atomic mass is 19.1. The molecule has 0 aromatic rings. The molecule has 0 bridgehead atoms. The highest BCUT2D eigenvalue weighted by Crippen LogP contribution is 2.22. The third kappa shape index (κ3) is 4.43. The van der Waals surface area contributed by atoms with Gasteiger partial charge in [0.1, 0.15) is 6.17 Å². The maximum absolute atomic E-state index is 13.4. The molecule has 0 aromatic heterocycles. The van der Waals surface area contributed by atoms with Gasteiger partial charge in [-0.1, -0.05) is 30.4 Å². The summed E-state index contributed by atoms with van der Waals surface area (Å²) in [7, 11) is 0. The number of rotatable bonds is 4. The lowest BCUT2D eigenvalue weighted by molar-refractivity contribution is 0.101. The molecule has 0 radical (unpaired) electrons. The Kier molecular flexibility index (Phi) is 5.33. The number of halogens is 1. The van der Waals surface area contributed by atoms with Crippen LogP contribution in [0.4, 0.5) is 4.39 Å². The summed E-state index contributed by atoms with van der Waals surface area (Å²) < 4.78 is 13.4. The van der Waals surface area contributed by atoms with Crippen molar-refractivity contribution in [3.8, 4) is 0 Å². The zero-order valence-electron chi connectivity index (χ0n) is 8.98. The van der Waals surface area contributed by atoms with Crippen molar-refractivity contribution in [1.82, 2.24) is 0 Å². The fourth-order valence-corrected chi connectivity index (χ4v) is 1.80. The second-order valence-electron chi connectivity index (χ2n) is 3.98. The number of allylic oxidation sites excluding steroid dienone is 4. The van der Waals surface area contributed by atoms with Crippen molar-refractivity contribution in [3.63, 3.8) is 0 Å². The van der Waals surface area contributed by atoms with Gasteiger partial charge in [0, 0.05) is 5.92 Å². The van der Waals surface area contributed by atoms with E-state index < -0.39 is 12.3 Å². The Labute approximate surface area is 91.0 Å². The van der Waals surface area contributed by atoms with Crippen LogP contribution in [0.3, 0.4) is 0 Å². The van der Waals surface area contributed by atoms with Crippen LogP contribution in [0, 0.1) is 5.92 Å². The molecule has 0 saturated carbocycles. The van der Waals surface area contributed by atoms with Crippen molar-refractivity contribution in [2.45, 2.75) is 38.0 Å². The Balaban J connectivity index is 2.52. The Morgan fingerprint density at radius 2 is 2.33 bits per heavy atom. The zero-order chi connectivity index (χ0) is 11.1. The fourth-order valence-electron chi connectivity index (χ4n) is 1.80. The van der Waals surface area contributed by atoms with Crippen LogP contribution in [-0.4, -0.2) is 17.4 Å². The lowest BCUT2D eigenvalue weighted by Crippen LogP contribution is -2.22. The SMILES string of the molecule is C=CCC(F)CC1C=CC=CCCC1O. The topological polar surface area (TPSA) is 20.2 Å². The molecule has 0 saturated heterocycles. The van der Waals surface area contributed by atoms with Crippen LogP contribution in [-0.2, 0) is 0 Å². The summed E-state index contributed by atoms with van der Waals surface area (Å²) >= 11 is 0. The van der Waals surface area contributed by atoms with E-state index in [0.29, 0.717) is 19.3 Å². The van der Waals surface area contributed by atoms with Gasteiger partial charge in [0.25, 0.3) is 0 Å². The summed E-state index contributed by atoms with van der Waals surface area (Å²) in [5.74, 6) is -0.0649. The molecule has 0 spiro atoms. The molecule has 15 heavy (non-hydrogen) atoms. The van der Waals surface area contributed by atoms with Crippen LogP contribution < -0.4 is 0 Å². The number of aliphatic hydroxyl groups excluding tert-OH is 1. The molecular weight excluding hydrogens is 191 g/mol. The van der Waals surface area contributed by atoms with E-state index in [4.69, 9.17) is 0 Å². The molecule has 0 amide bonds. The summed E-state index contributed by atoms with van der Waals surface area (Å²) in [6.07, 6.45) is 10.4. The molecule has 0 aromatic carbocycles. The van der Waals surface area contributed by atoms with Crippen LogP contribution >= 0.6 is 0 Å². The van der Waals surface area contributed by atoms with E-state index in [0.717, 1.165) is 6.42 Å². The third-order valence-corrected chi connectivity index (χ3v) is 2.68. The van der Waals surface area contributed by atoms with Gasteiger partial charge in [0.05, 0.1) is 6.10 Å². The van der Waals surface area contributed by atoms with E-state index in [-0.39, 0.29) is 5.92 Å². The van der Waals surface area contributed by atoms with Gasteiger partial charge in [0.2, 0.25) is 0 Å². The van der Waals surface area contributed by atoms with Crippen LogP contribution in [0.1, 0.15) is 25.7 Å². The highest BCUT2D eigenvalue weighted by Gasteiger charge is 2.20. The first-order chi connectivity index (χ1) is 7.24. The molecule has 1 nitrogen and oxygen atoms in total. The van der Waals surface area contributed by atoms with Gasteiger partial charge in [-0.3, -0.25) is 0 Å². The molecule has 1 aliphatic carbocycles. The van der Waals surface area contributed by atoms with Crippen molar-refractivity contribution in [1.29, 1.82) is 0 Å². The van der Waals surface area contributed by atoms with E-state index >= 15 is 0 Å². The standard InChI is InChI=1S/C13H19FO/c1-2-7-12(14)10-11-8-5-3-4-6-9-13(11)15/h2-5,8,11-13,15H,1,6-7,9-10H2. The highest BCUT2D eigenvalue weighted by molar-refractivity contribution is 5.08. The second-order valence-corrected chi connectivity index (χ2v) is 3.98. The smallest absolute Gasteiger partial charge is 0.104 e. The summed E-state index contributed by atoms with van der Waals surface area (Å²) in [6.45, 7) is 3.51. The number of aliphatic hydroxyl groups is 1. The van der Waals surface area contributed by atoms with Crippen LogP contribution in [0.5, 0.6) is 0 Å². The first kappa shape index (κ1) is 12.2. The molecule has 84 valence electrons.